The van der Waals surface area contributed by atoms with E-state index in [1.807, 2.05) is 0 Å². The number of fused-ring (bicyclic) bond motifs is 1. The van der Waals surface area contributed by atoms with Crippen LogP contribution in [0.1, 0.15) is 51.9 Å². The van der Waals surface area contributed by atoms with E-state index in [1.54, 1.807) is 7.11 Å². The second-order valence-corrected chi connectivity index (χ2v) is 6.28. The first-order valence-corrected chi connectivity index (χ1v) is 7.52. The van der Waals surface area contributed by atoms with Crippen LogP contribution in [0.3, 0.4) is 0 Å². The van der Waals surface area contributed by atoms with E-state index in [1.165, 1.54) is 44.9 Å². The van der Waals surface area contributed by atoms with Crippen molar-refractivity contribution in [1.29, 1.82) is 0 Å². The van der Waals surface area contributed by atoms with Crippen molar-refractivity contribution in [2.24, 2.45) is 17.8 Å². The number of rotatable bonds is 5. The lowest BCUT2D eigenvalue weighted by atomic mass is 9.69. The predicted octanol–water partition coefficient (Wildman–Crippen LogP) is 3.22. The molecule has 100 valence electrons. The van der Waals surface area contributed by atoms with E-state index in [0.29, 0.717) is 5.92 Å². The second kappa shape index (κ2) is 6.75. The lowest BCUT2D eigenvalue weighted by Gasteiger charge is -2.39. The number of nitrogens with one attached hydrogen (secondary N) is 1. The molecule has 2 aliphatic rings. The molecule has 2 aliphatic carbocycles. The molecule has 17 heavy (non-hydrogen) atoms. The van der Waals surface area contributed by atoms with Crippen LogP contribution in [0, 0.1) is 17.8 Å². The Morgan fingerprint density at radius 2 is 1.88 bits per heavy atom. The fourth-order valence-electron chi connectivity index (χ4n) is 3.77. The third kappa shape index (κ3) is 3.96. The second-order valence-electron chi connectivity index (χ2n) is 6.28. The van der Waals surface area contributed by atoms with Gasteiger partial charge in [0, 0.05) is 26.3 Å². The molecule has 0 radical (unpaired) electrons. The zero-order chi connectivity index (χ0) is 12.1. The van der Waals surface area contributed by atoms with Gasteiger partial charge in [0.1, 0.15) is 0 Å². The van der Waals surface area contributed by atoms with Gasteiger partial charge in [-0.25, -0.2) is 0 Å². The maximum atomic E-state index is 5.19. The molecule has 4 atom stereocenters. The first-order valence-electron chi connectivity index (χ1n) is 7.52. The van der Waals surface area contributed by atoms with E-state index in [2.05, 4.69) is 12.2 Å². The fourth-order valence-corrected chi connectivity index (χ4v) is 3.77. The third-order valence-corrected chi connectivity index (χ3v) is 4.75. The molecule has 2 fully saturated rings. The Hall–Kier alpha value is -0.0800. The molecule has 0 heterocycles. The number of hydrogen-bond donors (Lipinski definition) is 1. The fraction of sp³-hybridized carbons (Fsp3) is 1.00. The summed E-state index contributed by atoms with van der Waals surface area (Å²) in [6.07, 6.45) is 10.3. The normalized spacial score (nSPS) is 35.3. The minimum Gasteiger partial charge on any atom is -0.384 e. The van der Waals surface area contributed by atoms with Crippen LogP contribution in [-0.2, 0) is 4.74 Å². The Morgan fingerprint density at radius 1 is 1.12 bits per heavy atom. The van der Waals surface area contributed by atoms with Crippen LogP contribution in [0.4, 0.5) is 0 Å². The van der Waals surface area contributed by atoms with E-state index >= 15 is 0 Å². The summed E-state index contributed by atoms with van der Waals surface area (Å²) in [6, 6.07) is 0.786. The van der Waals surface area contributed by atoms with Crippen molar-refractivity contribution in [3.63, 3.8) is 0 Å². The molecular weight excluding hydrogens is 210 g/mol. The van der Waals surface area contributed by atoms with Gasteiger partial charge in [-0.1, -0.05) is 32.6 Å². The molecule has 0 aromatic heterocycles. The van der Waals surface area contributed by atoms with E-state index in [-0.39, 0.29) is 0 Å². The topological polar surface area (TPSA) is 21.3 Å². The van der Waals surface area contributed by atoms with Crippen molar-refractivity contribution < 1.29 is 4.74 Å². The summed E-state index contributed by atoms with van der Waals surface area (Å²) in [5.74, 6) is 2.75. The zero-order valence-corrected chi connectivity index (χ0v) is 11.6. The van der Waals surface area contributed by atoms with Gasteiger partial charge in [0.15, 0.2) is 0 Å². The quantitative estimate of drug-likeness (QED) is 0.795. The van der Waals surface area contributed by atoms with Crippen molar-refractivity contribution in [2.45, 2.75) is 57.9 Å². The van der Waals surface area contributed by atoms with Crippen LogP contribution in [0.2, 0.25) is 0 Å². The summed E-state index contributed by atoms with van der Waals surface area (Å²) >= 11 is 0. The highest BCUT2D eigenvalue weighted by Crippen LogP contribution is 2.40. The molecule has 0 aromatic carbocycles. The lowest BCUT2D eigenvalue weighted by Crippen LogP contribution is -2.40. The molecule has 0 saturated heterocycles. The van der Waals surface area contributed by atoms with E-state index in [0.717, 1.165) is 31.0 Å². The first kappa shape index (κ1) is 13.4. The highest BCUT2D eigenvalue weighted by atomic mass is 16.5. The van der Waals surface area contributed by atoms with Gasteiger partial charge in [0.05, 0.1) is 0 Å². The Kier molecular flexibility index (Phi) is 5.30. The van der Waals surface area contributed by atoms with Gasteiger partial charge in [-0.15, -0.1) is 0 Å². The zero-order valence-electron chi connectivity index (χ0n) is 11.6. The van der Waals surface area contributed by atoms with Crippen molar-refractivity contribution >= 4 is 0 Å². The monoisotopic (exact) mass is 239 g/mol. The maximum Gasteiger partial charge on any atom is 0.0499 e. The highest BCUT2D eigenvalue weighted by Gasteiger charge is 2.31. The molecular formula is C15H29NO. The van der Waals surface area contributed by atoms with E-state index in [9.17, 15) is 0 Å². The van der Waals surface area contributed by atoms with Crippen LogP contribution in [0.5, 0.6) is 0 Å². The Labute approximate surface area is 107 Å². The summed E-state index contributed by atoms with van der Waals surface area (Å²) in [7, 11) is 1.80. The molecule has 2 rings (SSSR count). The maximum absolute atomic E-state index is 5.19. The molecule has 2 heteroatoms. The summed E-state index contributed by atoms with van der Waals surface area (Å²) in [4.78, 5) is 0. The van der Waals surface area contributed by atoms with Gasteiger partial charge in [-0.05, 0) is 37.0 Å². The lowest BCUT2D eigenvalue weighted by molar-refractivity contribution is 0.130. The smallest absolute Gasteiger partial charge is 0.0499 e. The molecule has 1 N–H and O–H groups in total. The summed E-state index contributed by atoms with van der Waals surface area (Å²) in [6.45, 7) is 4.27. The van der Waals surface area contributed by atoms with Gasteiger partial charge in [-0.2, -0.15) is 0 Å². The van der Waals surface area contributed by atoms with Crippen LogP contribution < -0.4 is 5.32 Å². The summed E-state index contributed by atoms with van der Waals surface area (Å²) in [5, 5.41) is 3.76. The molecule has 0 aliphatic heterocycles. The molecule has 2 saturated carbocycles. The SMILES string of the molecule is COCC(C)CNC1CCC2CCCCC2C1. The Bertz CT molecular complexity index is 219. The van der Waals surface area contributed by atoms with Crippen molar-refractivity contribution in [3.05, 3.63) is 0 Å². The first-order chi connectivity index (χ1) is 8.29. The summed E-state index contributed by atoms with van der Waals surface area (Å²) in [5.41, 5.74) is 0. The van der Waals surface area contributed by atoms with Gasteiger partial charge < -0.3 is 10.1 Å². The van der Waals surface area contributed by atoms with Crippen molar-refractivity contribution in [1.82, 2.24) is 5.32 Å². The van der Waals surface area contributed by atoms with Crippen LogP contribution in [-0.4, -0.2) is 26.3 Å². The summed E-state index contributed by atoms with van der Waals surface area (Å²) < 4.78 is 5.19. The number of hydrogen-bond acceptors (Lipinski definition) is 2. The van der Waals surface area contributed by atoms with Gasteiger partial charge in [0.2, 0.25) is 0 Å². The molecule has 0 spiro atoms. The average Bonchev–Trinajstić information content (AvgIpc) is 2.36. The standard InChI is InChI=1S/C15H29NO/c1-12(11-17-2)10-16-15-8-7-13-5-3-4-6-14(13)9-15/h12-16H,3-11H2,1-2H3. The largest absolute Gasteiger partial charge is 0.384 e. The minimum atomic E-state index is 0.643. The highest BCUT2D eigenvalue weighted by molar-refractivity contribution is 4.86. The molecule has 0 aromatic rings. The van der Waals surface area contributed by atoms with Crippen molar-refractivity contribution in [2.75, 3.05) is 20.3 Å². The van der Waals surface area contributed by atoms with Crippen LogP contribution in [0.25, 0.3) is 0 Å². The van der Waals surface area contributed by atoms with E-state index in [4.69, 9.17) is 4.74 Å². The number of ether oxygens (including phenoxy) is 1. The number of methoxy groups -OCH3 is 1. The van der Waals surface area contributed by atoms with Crippen LogP contribution >= 0.6 is 0 Å². The van der Waals surface area contributed by atoms with Gasteiger partial charge >= 0.3 is 0 Å². The minimum absolute atomic E-state index is 0.643. The van der Waals surface area contributed by atoms with Crippen LogP contribution in [0.15, 0.2) is 0 Å². The van der Waals surface area contributed by atoms with Gasteiger partial charge in [-0.3, -0.25) is 0 Å². The Morgan fingerprint density at radius 3 is 2.65 bits per heavy atom. The third-order valence-electron chi connectivity index (χ3n) is 4.75. The van der Waals surface area contributed by atoms with Gasteiger partial charge in [0.25, 0.3) is 0 Å². The molecule has 4 unspecified atom stereocenters. The van der Waals surface area contributed by atoms with E-state index < -0.39 is 0 Å². The average molecular weight is 239 g/mol. The molecule has 0 bridgehead atoms. The Balaban J connectivity index is 1.68. The molecule has 0 amide bonds. The van der Waals surface area contributed by atoms with Crippen molar-refractivity contribution in [3.8, 4) is 0 Å². The predicted molar refractivity (Wildman–Crippen MR) is 72.1 cm³/mol. The molecule has 2 nitrogen and oxygen atoms in total.